The van der Waals surface area contributed by atoms with Gasteiger partial charge < -0.3 is 20.5 Å². The van der Waals surface area contributed by atoms with Gasteiger partial charge in [0.05, 0.1) is 6.61 Å². The van der Waals surface area contributed by atoms with Crippen molar-refractivity contribution in [2.24, 2.45) is 5.73 Å². The highest BCUT2D eigenvalue weighted by atomic mass is 16.6. The van der Waals surface area contributed by atoms with E-state index in [1.165, 1.54) is 0 Å². The minimum Gasteiger partial charge on any atom is -0.445 e. The molecule has 5 heteroatoms. The van der Waals surface area contributed by atoms with Crippen LogP contribution in [0.4, 0.5) is 4.79 Å². The molecule has 1 aliphatic heterocycles. The minimum absolute atomic E-state index is 0.0418. The average Bonchev–Trinajstić information content (AvgIpc) is 2.47. The Morgan fingerprint density at radius 3 is 2.53 bits per heavy atom. The Morgan fingerprint density at radius 2 is 1.95 bits per heavy atom. The third-order valence-electron chi connectivity index (χ3n) is 3.54. The zero-order valence-corrected chi connectivity index (χ0v) is 10.9. The first kappa shape index (κ1) is 13.8. The van der Waals surface area contributed by atoms with Crippen molar-refractivity contribution in [2.75, 3.05) is 19.7 Å². The average molecular weight is 264 g/mol. The predicted molar refractivity (Wildman–Crippen MR) is 71.4 cm³/mol. The highest BCUT2D eigenvalue weighted by Crippen LogP contribution is 2.19. The van der Waals surface area contributed by atoms with Gasteiger partial charge in [-0.15, -0.1) is 0 Å². The van der Waals surface area contributed by atoms with E-state index in [0.29, 0.717) is 25.9 Å². The van der Waals surface area contributed by atoms with Crippen molar-refractivity contribution in [1.29, 1.82) is 0 Å². The number of hydrogen-bond acceptors (Lipinski definition) is 4. The van der Waals surface area contributed by atoms with Gasteiger partial charge in [0.25, 0.3) is 0 Å². The summed E-state index contributed by atoms with van der Waals surface area (Å²) in [6.45, 7) is 1.30. The van der Waals surface area contributed by atoms with Crippen LogP contribution in [0.1, 0.15) is 18.4 Å². The molecule has 1 saturated heterocycles. The summed E-state index contributed by atoms with van der Waals surface area (Å²) in [4.78, 5) is 13.5. The fourth-order valence-corrected chi connectivity index (χ4v) is 2.10. The fourth-order valence-electron chi connectivity index (χ4n) is 2.10. The molecular weight excluding hydrogens is 244 g/mol. The van der Waals surface area contributed by atoms with Crippen LogP contribution in [-0.4, -0.2) is 41.3 Å². The number of likely N-dealkylation sites (tertiary alicyclic amines) is 1. The molecule has 1 heterocycles. The van der Waals surface area contributed by atoms with E-state index in [2.05, 4.69) is 0 Å². The molecular formula is C14H20N2O3. The van der Waals surface area contributed by atoms with Gasteiger partial charge in [0, 0.05) is 18.6 Å². The highest BCUT2D eigenvalue weighted by molar-refractivity contribution is 5.67. The van der Waals surface area contributed by atoms with E-state index in [1.807, 2.05) is 30.3 Å². The summed E-state index contributed by atoms with van der Waals surface area (Å²) in [5, 5.41) is 9.17. The SMILES string of the molecule is NC1(CO)CCN(C(=O)OCc2ccccc2)CC1. The summed E-state index contributed by atoms with van der Waals surface area (Å²) in [5.41, 5.74) is 6.38. The van der Waals surface area contributed by atoms with Gasteiger partial charge in [-0.3, -0.25) is 0 Å². The third kappa shape index (κ3) is 3.68. The number of nitrogens with zero attached hydrogens (tertiary/aromatic N) is 1. The van der Waals surface area contributed by atoms with E-state index in [9.17, 15) is 4.79 Å². The van der Waals surface area contributed by atoms with Crippen LogP contribution in [0.25, 0.3) is 0 Å². The fraction of sp³-hybridized carbons (Fsp3) is 0.500. The summed E-state index contributed by atoms with van der Waals surface area (Å²) in [6.07, 6.45) is 0.886. The molecule has 0 saturated carbocycles. The standard InChI is InChI=1S/C14H20N2O3/c15-14(11-17)6-8-16(9-7-14)13(18)19-10-12-4-2-1-3-5-12/h1-5,17H,6-11,15H2. The Hall–Kier alpha value is -1.59. The van der Waals surface area contributed by atoms with Crippen molar-refractivity contribution in [3.63, 3.8) is 0 Å². The smallest absolute Gasteiger partial charge is 0.410 e. The predicted octanol–water partition coefficient (Wildman–Crippen LogP) is 1.11. The lowest BCUT2D eigenvalue weighted by Gasteiger charge is -2.37. The molecule has 0 spiro atoms. The molecule has 0 atom stereocenters. The second kappa shape index (κ2) is 6.04. The first-order chi connectivity index (χ1) is 9.13. The summed E-state index contributed by atoms with van der Waals surface area (Å²) < 4.78 is 5.25. The number of rotatable bonds is 3. The van der Waals surface area contributed by atoms with E-state index < -0.39 is 5.54 Å². The lowest BCUT2D eigenvalue weighted by Crippen LogP contribution is -2.54. The van der Waals surface area contributed by atoms with Crippen molar-refractivity contribution in [3.8, 4) is 0 Å². The Morgan fingerprint density at radius 1 is 1.32 bits per heavy atom. The monoisotopic (exact) mass is 264 g/mol. The first-order valence-electron chi connectivity index (χ1n) is 6.48. The van der Waals surface area contributed by atoms with E-state index in [1.54, 1.807) is 4.90 Å². The third-order valence-corrected chi connectivity index (χ3v) is 3.54. The lowest BCUT2D eigenvalue weighted by molar-refractivity contribution is 0.0660. The van der Waals surface area contributed by atoms with Crippen molar-refractivity contribution < 1.29 is 14.6 Å². The summed E-state index contributed by atoms with van der Waals surface area (Å²) in [5.74, 6) is 0. The maximum Gasteiger partial charge on any atom is 0.410 e. The van der Waals surface area contributed by atoms with Gasteiger partial charge in [-0.05, 0) is 18.4 Å². The molecule has 0 bridgehead atoms. The lowest BCUT2D eigenvalue weighted by atomic mass is 9.90. The maximum absolute atomic E-state index is 11.9. The molecule has 2 rings (SSSR count). The number of hydrogen-bond donors (Lipinski definition) is 2. The van der Waals surface area contributed by atoms with E-state index in [4.69, 9.17) is 15.6 Å². The van der Waals surface area contributed by atoms with Crippen molar-refractivity contribution in [1.82, 2.24) is 4.90 Å². The van der Waals surface area contributed by atoms with E-state index in [0.717, 1.165) is 5.56 Å². The molecule has 3 N–H and O–H groups in total. The number of piperidine rings is 1. The highest BCUT2D eigenvalue weighted by Gasteiger charge is 2.32. The van der Waals surface area contributed by atoms with Gasteiger partial charge in [-0.25, -0.2) is 4.79 Å². The second-order valence-corrected chi connectivity index (χ2v) is 5.05. The van der Waals surface area contributed by atoms with Crippen LogP contribution in [0.15, 0.2) is 30.3 Å². The zero-order valence-electron chi connectivity index (χ0n) is 10.9. The summed E-state index contributed by atoms with van der Waals surface area (Å²) in [7, 11) is 0. The Bertz CT molecular complexity index is 414. The number of benzene rings is 1. The quantitative estimate of drug-likeness (QED) is 0.857. The van der Waals surface area contributed by atoms with E-state index >= 15 is 0 Å². The number of carbonyl (C=O) groups excluding carboxylic acids is 1. The molecule has 1 aliphatic rings. The number of ether oxygens (including phenoxy) is 1. The topological polar surface area (TPSA) is 75.8 Å². The zero-order chi connectivity index (χ0) is 13.7. The first-order valence-corrected chi connectivity index (χ1v) is 6.48. The van der Waals surface area contributed by atoms with Gasteiger partial charge in [0.15, 0.2) is 0 Å². The van der Waals surface area contributed by atoms with Crippen molar-refractivity contribution >= 4 is 6.09 Å². The molecule has 0 unspecified atom stereocenters. The molecule has 1 aromatic rings. The summed E-state index contributed by atoms with van der Waals surface area (Å²) in [6, 6.07) is 9.58. The molecule has 1 amide bonds. The second-order valence-electron chi connectivity index (χ2n) is 5.05. The Balaban J connectivity index is 1.79. The Labute approximate surface area is 113 Å². The van der Waals surface area contributed by atoms with Crippen LogP contribution in [0.2, 0.25) is 0 Å². The van der Waals surface area contributed by atoms with Crippen molar-refractivity contribution in [2.45, 2.75) is 25.0 Å². The minimum atomic E-state index is -0.545. The number of aliphatic hydroxyl groups excluding tert-OH is 1. The number of amides is 1. The number of aliphatic hydroxyl groups is 1. The molecule has 19 heavy (non-hydrogen) atoms. The molecule has 1 aromatic carbocycles. The van der Waals surface area contributed by atoms with Gasteiger partial charge >= 0.3 is 6.09 Å². The van der Waals surface area contributed by atoms with Gasteiger partial charge in [-0.1, -0.05) is 30.3 Å². The van der Waals surface area contributed by atoms with Crippen LogP contribution >= 0.6 is 0 Å². The molecule has 0 aromatic heterocycles. The molecule has 104 valence electrons. The largest absolute Gasteiger partial charge is 0.445 e. The molecule has 0 radical (unpaired) electrons. The summed E-state index contributed by atoms with van der Waals surface area (Å²) >= 11 is 0. The van der Waals surface area contributed by atoms with Gasteiger partial charge in [-0.2, -0.15) is 0 Å². The molecule has 5 nitrogen and oxygen atoms in total. The van der Waals surface area contributed by atoms with Crippen LogP contribution in [-0.2, 0) is 11.3 Å². The number of nitrogens with two attached hydrogens (primary N) is 1. The Kier molecular flexibility index (Phi) is 4.39. The van der Waals surface area contributed by atoms with E-state index in [-0.39, 0.29) is 19.3 Å². The maximum atomic E-state index is 11.9. The number of carbonyl (C=O) groups is 1. The molecule has 0 aliphatic carbocycles. The normalized spacial score (nSPS) is 18.1. The van der Waals surface area contributed by atoms with Crippen LogP contribution in [0.5, 0.6) is 0 Å². The van der Waals surface area contributed by atoms with Gasteiger partial charge in [0.1, 0.15) is 6.61 Å². The molecule has 1 fully saturated rings. The van der Waals surface area contributed by atoms with Crippen LogP contribution < -0.4 is 5.73 Å². The van der Waals surface area contributed by atoms with Gasteiger partial charge in [0.2, 0.25) is 0 Å². The van der Waals surface area contributed by atoms with Crippen LogP contribution in [0.3, 0.4) is 0 Å². The van der Waals surface area contributed by atoms with Crippen molar-refractivity contribution in [3.05, 3.63) is 35.9 Å². The van der Waals surface area contributed by atoms with Crippen LogP contribution in [0, 0.1) is 0 Å².